The van der Waals surface area contributed by atoms with E-state index in [-0.39, 0.29) is 0 Å². The Bertz CT molecular complexity index is 128. The van der Waals surface area contributed by atoms with Crippen LogP contribution in [0.4, 0.5) is 0 Å². The van der Waals surface area contributed by atoms with Gasteiger partial charge in [-0.2, -0.15) is 0 Å². The van der Waals surface area contributed by atoms with Gasteiger partial charge in [0.1, 0.15) is 6.10 Å². The molecule has 0 bridgehead atoms. The molecule has 0 saturated carbocycles. The van der Waals surface area contributed by atoms with Crippen LogP contribution in [-0.4, -0.2) is 25.9 Å². The van der Waals surface area contributed by atoms with Gasteiger partial charge >= 0.3 is 0 Å². The first-order chi connectivity index (χ1) is 5.64. The van der Waals surface area contributed by atoms with Crippen LogP contribution < -0.4 is 0 Å². The van der Waals surface area contributed by atoms with E-state index < -0.39 is 0 Å². The van der Waals surface area contributed by atoms with Crippen LogP contribution in [0.3, 0.4) is 0 Å². The monoisotopic (exact) mass is 172 g/mol. The van der Waals surface area contributed by atoms with Crippen molar-refractivity contribution in [2.45, 2.75) is 39.7 Å². The maximum atomic E-state index is 5.55. The van der Waals surface area contributed by atoms with Crippen molar-refractivity contribution in [3.05, 3.63) is 0 Å². The van der Waals surface area contributed by atoms with E-state index in [1.165, 1.54) is 12.8 Å². The molecule has 1 unspecified atom stereocenters. The molecule has 0 aromatic carbocycles. The van der Waals surface area contributed by atoms with Crippen molar-refractivity contribution in [1.29, 1.82) is 0 Å². The molecule has 0 N–H and O–H groups in total. The Morgan fingerprint density at radius 3 is 2.67 bits per heavy atom. The highest BCUT2D eigenvalue weighted by Gasteiger charge is 2.24. The molecule has 0 aromatic heterocycles. The van der Waals surface area contributed by atoms with Crippen molar-refractivity contribution in [2.24, 2.45) is 5.41 Å². The minimum Gasteiger partial charge on any atom is -0.378 e. The SMILES string of the molecule is CCCC(C)(C)COCC1CO1. The fourth-order valence-electron chi connectivity index (χ4n) is 1.38. The molecule has 1 atom stereocenters. The normalized spacial score (nSPS) is 22.8. The molecule has 0 aliphatic carbocycles. The maximum Gasteiger partial charge on any atom is 0.104 e. The zero-order valence-corrected chi connectivity index (χ0v) is 8.43. The molecule has 2 nitrogen and oxygen atoms in total. The number of rotatable bonds is 6. The molecule has 1 aliphatic rings. The first-order valence-corrected chi connectivity index (χ1v) is 4.83. The van der Waals surface area contributed by atoms with Gasteiger partial charge < -0.3 is 9.47 Å². The lowest BCUT2D eigenvalue weighted by atomic mass is 9.89. The maximum absolute atomic E-state index is 5.55. The van der Waals surface area contributed by atoms with Crippen LogP contribution in [0, 0.1) is 5.41 Å². The van der Waals surface area contributed by atoms with Crippen LogP contribution >= 0.6 is 0 Å². The number of hydrogen-bond acceptors (Lipinski definition) is 2. The van der Waals surface area contributed by atoms with Crippen LogP contribution in [0.2, 0.25) is 0 Å². The molecule has 0 radical (unpaired) electrons. The largest absolute Gasteiger partial charge is 0.378 e. The molecule has 0 amide bonds. The average molecular weight is 172 g/mol. The topological polar surface area (TPSA) is 21.8 Å². The summed E-state index contributed by atoms with van der Waals surface area (Å²) in [5, 5.41) is 0. The van der Waals surface area contributed by atoms with Crippen molar-refractivity contribution in [1.82, 2.24) is 0 Å². The molecule has 2 heteroatoms. The summed E-state index contributed by atoms with van der Waals surface area (Å²) in [6.07, 6.45) is 2.87. The molecule has 1 saturated heterocycles. The molecule has 1 rings (SSSR count). The summed E-state index contributed by atoms with van der Waals surface area (Å²) in [4.78, 5) is 0. The predicted octanol–water partition coefficient (Wildman–Crippen LogP) is 2.23. The fraction of sp³-hybridized carbons (Fsp3) is 1.00. The van der Waals surface area contributed by atoms with Gasteiger partial charge in [-0.3, -0.25) is 0 Å². The molecular formula is C10H20O2. The van der Waals surface area contributed by atoms with Crippen molar-refractivity contribution in [2.75, 3.05) is 19.8 Å². The lowest BCUT2D eigenvalue weighted by molar-refractivity contribution is 0.0483. The van der Waals surface area contributed by atoms with Crippen LogP contribution in [0.15, 0.2) is 0 Å². The van der Waals surface area contributed by atoms with E-state index in [1.807, 2.05) is 0 Å². The summed E-state index contributed by atoms with van der Waals surface area (Å²) in [5.41, 5.74) is 0.337. The van der Waals surface area contributed by atoms with Crippen LogP contribution in [0.5, 0.6) is 0 Å². The lowest BCUT2D eigenvalue weighted by Crippen LogP contribution is -2.20. The van der Waals surface area contributed by atoms with E-state index in [2.05, 4.69) is 20.8 Å². The molecular weight excluding hydrogens is 152 g/mol. The second-order valence-electron chi connectivity index (χ2n) is 4.38. The van der Waals surface area contributed by atoms with Gasteiger partial charge in [0.25, 0.3) is 0 Å². The van der Waals surface area contributed by atoms with E-state index >= 15 is 0 Å². The third-order valence-electron chi connectivity index (χ3n) is 2.13. The molecule has 1 aliphatic heterocycles. The number of ether oxygens (including phenoxy) is 2. The predicted molar refractivity (Wildman–Crippen MR) is 49.2 cm³/mol. The molecule has 0 spiro atoms. The fourth-order valence-corrected chi connectivity index (χ4v) is 1.38. The minimum atomic E-state index is 0.337. The Morgan fingerprint density at radius 2 is 2.17 bits per heavy atom. The summed E-state index contributed by atoms with van der Waals surface area (Å²) in [6, 6.07) is 0. The van der Waals surface area contributed by atoms with Crippen LogP contribution in [-0.2, 0) is 9.47 Å². The molecule has 1 fully saturated rings. The smallest absolute Gasteiger partial charge is 0.104 e. The first kappa shape index (κ1) is 10.0. The van der Waals surface area contributed by atoms with Gasteiger partial charge in [-0.25, -0.2) is 0 Å². The average Bonchev–Trinajstić information content (AvgIpc) is 2.70. The first-order valence-electron chi connectivity index (χ1n) is 4.83. The third kappa shape index (κ3) is 4.07. The van der Waals surface area contributed by atoms with Crippen molar-refractivity contribution in [3.63, 3.8) is 0 Å². The van der Waals surface area contributed by atoms with E-state index in [9.17, 15) is 0 Å². The highest BCUT2D eigenvalue weighted by atomic mass is 16.6. The summed E-state index contributed by atoms with van der Waals surface area (Å²) < 4.78 is 10.6. The van der Waals surface area contributed by atoms with Gasteiger partial charge in [0.2, 0.25) is 0 Å². The minimum absolute atomic E-state index is 0.337. The highest BCUT2D eigenvalue weighted by molar-refractivity contribution is 4.70. The van der Waals surface area contributed by atoms with Gasteiger partial charge in [0.15, 0.2) is 0 Å². The van der Waals surface area contributed by atoms with Crippen LogP contribution in [0.25, 0.3) is 0 Å². The quantitative estimate of drug-likeness (QED) is 0.573. The zero-order chi connectivity index (χ0) is 9.03. The second-order valence-corrected chi connectivity index (χ2v) is 4.38. The van der Waals surface area contributed by atoms with Gasteiger partial charge in [0, 0.05) is 0 Å². The second kappa shape index (κ2) is 4.24. The van der Waals surface area contributed by atoms with Crippen molar-refractivity contribution in [3.8, 4) is 0 Å². The van der Waals surface area contributed by atoms with Crippen LogP contribution in [0.1, 0.15) is 33.6 Å². The standard InChI is InChI=1S/C10H20O2/c1-4-5-10(2,3)8-11-6-9-7-12-9/h9H,4-8H2,1-3H3. The highest BCUT2D eigenvalue weighted by Crippen LogP contribution is 2.22. The van der Waals surface area contributed by atoms with Gasteiger partial charge in [0.05, 0.1) is 19.8 Å². The Balaban J connectivity index is 2.01. The zero-order valence-electron chi connectivity index (χ0n) is 8.43. The lowest BCUT2D eigenvalue weighted by Gasteiger charge is -2.23. The number of epoxide rings is 1. The Kier molecular flexibility index (Phi) is 3.53. The van der Waals surface area contributed by atoms with Gasteiger partial charge in [-0.05, 0) is 11.8 Å². The Hall–Kier alpha value is -0.0800. The molecule has 1 heterocycles. The van der Waals surface area contributed by atoms with E-state index in [0.29, 0.717) is 11.5 Å². The molecule has 12 heavy (non-hydrogen) atoms. The number of hydrogen-bond donors (Lipinski definition) is 0. The summed E-state index contributed by atoms with van der Waals surface area (Å²) in [7, 11) is 0. The summed E-state index contributed by atoms with van der Waals surface area (Å²) >= 11 is 0. The summed E-state index contributed by atoms with van der Waals surface area (Å²) in [6.45, 7) is 9.27. The van der Waals surface area contributed by atoms with E-state index in [1.54, 1.807) is 0 Å². The molecule has 72 valence electrons. The van der Waals surface area contributed by atoms with E-state index in [4.69, 9.17) is 9.47 Å². The van der Waals surface area contributed by atoms with Gasteiger partial charge in [-0.15, -0.1) is 0 Å². The summed E-state index contributed by atoms with van der Waals surface area (Å²) in [5.74, 6) is 0. The Morgan fingerprint density at radius 1 is 1.50 bits per heavy atom. The van der Waals surface area contributed by atoms with E-state index in [0.717, 1.165) is 19.8 Å². The van der Waals surface area contributed by atoms with Gasteiger partial charge in [-0.1, -0.05) is 27.2 Å². The molecule has 0 aromatic rings. The third-order valence-corrected chi connectivity index (χ3v) is 2.13. The Labute approximate surface area is 75.2 Å². The van der Waals surface area contributed by atoms with Crippen molar-refractivity contribution < 1.29 is 9.47 Å². The van der Waals surface area contributed by atoms with Crippen molar-refractivity contribution >= 4 is 0 Å².